The summed E-state index contributed by atoms with van der Waals surface area (Å²) in [5, 5.41) is 9.97. The third-order valence-electron chi connectivity index (χ3n) is 6.89. The maximum absolute atomic E-state index is 15.0. The summed E-state index contributed by atoms with van der Waals surface area (Å²) < 4.78 is 43.9. The number of aryl methyl sites for hydroxylation is 1. The van der Waals surface area contributed by atoms with E-state index in [4.69, 9.17) is 9.94 Å². The first kappa shape index (κ1) is 32.4. The molecule has 0 aliphatic heterocycles. The van der Waals surface area contributed by atoms with Crippen LogP contribution in [0.15, 0.2) is 53.5 Å². The summed E-state index contributed by atoms with van der Waals surface area (Å²) in [6.07, 6.45) is 3.08. The van der Waals surface area contributed by atoms with Gasteiger partial charge in [-0.05, 0) is 67.6 Å². The third kappa shape index (κ3) is 7.43. The molecule has 3 aromatic rings. The Morgan fingerprint density at radius 1 is 1.21 bits per heavy atom. The molecule has 0 unspecified atom stereocenters. The summed E-state index contributed by atoms with van der Waals surface area (Å²) in [6, 6.07) is 11.8. The fourth-order valence-electron chi connectivity index (χ4n) is 4.31. The molecule has 9 nitrogen and oxygen atoms in total. The van der Waals surface area contributed by atoms with Crippen molar-refractivity contribution in [2.75, 3.05) is 33.6 Å². The van der Waals surface area contributed by atoms with Gasteiger partial charge in [-0.25, -0.2) is 18.3 Å². The average Bonchev–Trinajstić information content (AvgIpc) is 2.87. The highest BCUT2D eigenvalue weighted by molar-refractivity contribution is 7.92. The van der Waals surface area contributed by atoms with E-state index in [-0.39, 0.29) is 36.7 Å². The van der Waals surface area contributed by atoms with Crippen LogP contribution in [-0.4, -0.2) is 67.3 Å². The second-order valence-electron chi connectivity index (χ2n) is 9.71. The van der Waals surface area contributed by atoms with Crippen LogP contribution in [0.5, 0.6) is 0 Å². The van der Waals surface area contributed by atoms with E-state index in [1.54, 1.807) is 37.4 Å². The lowest BCUT2D eigenvalue weighted by atomic mass is 10.00. The van der Waals surface area contributed by atoms with Gasteiger partial charge in [-0.15, -0.1) is 12.4 Å². The molecule has 0 fully saturated rings. The Morgan fingerprint density at radius 3 is 2.54 bits per heavy atom. The van der Waals surface area contributed by atoms with Gasteiger partial charge in [0.2, 0.25) is 0 Å². The van der Waals surface area contributed by atoms with Crippen LogP contribution in [-0.2, 0) is 32.5 Å². The van der Waals surface area contributed by atoms with Gasteiger partial charge in [0, 0.05) is 56.8 Å². The Bertz CT molecular complexity index is 1480. The van der Waals surface area contributed by atoms with Crippen molar-refractivity contribution in [2.24, 2.45) is 0 Å². The molecule has 3 rings (SSSR count). The first-order valence-electron chi connectivity index (χ1n) is 12.1. The number of carbonyl (C=O) groups is 1. The molecule has 0 saturated heterocycles. The van der Waals surface area contributed by atoms with Crippen LogP contribution in [0.25, 0.3) is 21.9 Å². The summed E-state index contributed by atoms with van der Waals surface area (Å²) in [4.78, 5) is 27.2. The lowest BCUT2D eigenvalue weighted by molar-refractivity contribution is -0.131. The van der Waals surface area contributed by atoms with Gasteiger partial charge in [-0.1, -0.05) is 18.2 Å². The number of nitrogens with one attached hydrogen (secondary N) is 1. The highest BCUT2D eigenvalue weighted by atomic mass is 35.5. The SMILES string of the molecule is COCCCN(C)Cc1ccc(-c2ccc3c(=O)n(CC[C@](C)(C(=O)NO)S(C)(=O)=O)ccc3c2)c(F)c1.Cl. The molecule has 2 aromatic carbocycles. The minimum atomic E-state index is -3.89. The Morgan fingerprint density at radius 2 is 1.92 bits per heavy atom. The lowest BCUT2D eigenvalue weighted by Crippen LogP contribution is -2.49. The van der Waals surface area contributed by atoms with E-state index in [1.165, 1.54) is 29.2 Å². The van der Waals surface area contributed by atoms with Gasteiger partial charge in [-0.2, -0.15) is 0 Å². The first-order valence-corrected chi connectivity index (χ1v) is 14.0. The molecule has 0 aliphatic carbocycles. The molecule has 0 aliphatic rings. The largest absolute Gasteiger partial charge is 0.385 e. The highest BCUT2D eigenvalue weighted by Crippen LogP contribution is 2.27. The van der Waals surface area contributed by atoms with Crippen molar-refractivity contribution in [3.63, 3.8) is 0 Å². The number of nitrogens with zero attached hydrogens (tertiary/aromatic N) is 2. The van der Waals surface area contributed by atoms with E-state index in [0.717, 1.165) is 24.8 Å². The number of fused-ring (bicyclic) bond motifs is 1. The Balaban J connectivity index is 0.00000533. The number of aromatic nitrogens is 1. The van der Waals surface area contributed by atoms with Gasteiger partial charge in [0.1, 0.15) is 5.82 Å². The monoisotopic (exact) mass is 583 g/mol. The van der Waals surface area contributed by atoms with Gasteiger partial charge in [0.05, 0.1) is 0 Å². The molecule has 0 radical (unpaired) electrons. The molecule has 0 spiro atoms. The van der Waals surface area contributed by atoms with Crippen molar-refractivity contribution < 1.29 is 27.5 Å². The van der Waals surface area contributed by atoms with Crippen molar-refractivity contribution in [1.29, 1.82) is 0 Å². The van der Waals surface area contributed by atoms with Gasteiger partial charge < -0.3 is 14.2 Å². The molecular weight excluding hydrogens is 549 g/mol. The number of hydrogen-bond donors (Lipinski definition) is 2. The van der Waals surface area contributed by atoms with Gasteiger partial charge in [-0.3, -0.25) is 14.8 Å². The molecule has 1 aromatic heterocycles. The van der Waals surface area contributed by atoms with Crippen molar-refractivity contribution in [3.8, 4) is 11.1 Å². The van der Waals surface area contributed by atoms with E-state index < -0.39 is 20.5 Å². The molecule has 1 amide bonds. The Labute approximate surface area is 233 Å². The molecule has 39 heavy (non-hydrogen) atoms. The summed E-state index contributed by atoms with van der Waals surface area (Å²) in [5.41, 5.74) is 2.92. The van der Waals surface area contributed by atoms with Crippen molar-refractivity contribution in [1.82, 2.24) is 14.9 Å². The van der Waals surface area contributed by atoms with Crippen LogP contribution in [0.1, 0.15) is 25.3 Å². The van der Waals surface area contributed by atoms with Gasteiger partial charge >= 0.3 is 0 Å². The molecular formula is C27H35ClFN3O6S. The van der Waals surface area contributed by atoms with Crippen LogP contribution >= 0.6 is 12.4 Å². The molecule has 0 bridgehead atoms. The maximum atomic E-state index is 15.0. The number of methoxy groups -OCH3 is 1. The zero-order chi connectivity index (χ0) is 28.1. The minimum Gasteiger partial charge on any atom is -0.385 e. The Hall–Kier alpha value is -2.83. The fourth-order valence-corrected chi connectivity index (χ4v) is 5.16. The number of hydroxylamine groups is 1. The smallest absolute Gasteiger partial charge is 0.264 e. The summed E-state index contributed by atoms with van der Waals surface area (Å²) in [6.45, 7) is 3.25. The van der Waals surface area contributed by atoms with Crippen molar-refractivity contribution in [2.45, 2.75) is 37.6 Å². The van der Waals surface area contributed by atoms with Crippen LogP contribution in [0, 0.1) is 5.82 Å². The van der Waals surface area contributed by atoms with E-state index in [2.05, 4.69) is 4.90 Å². The predicted molar refractivity (Wildman–Crippen MR) is 151 cm³/mol. The molecule has 0 saturated carbocycles. The topological polar surface area (TPSA) is 118 Å². The number of carbonyl (C=O) groups excluding carboxylic acids is 1. The van der Waals surface area contributed by atoms with Crippen molar-refractivity contribution >= 4 is 38.9 Å². The summed E-state index contributed by atoms with van der Waals surface area (Å²) >= 11 is 0. The Kier molecular flexibility index (Phi) is 11.2. The van der Waals surface area contributed by atoms with E-state index in [9.17, 15) is 18.0 Å². The number of sulfone groups is 1. The number of hydrogen-bond acceptors (Lipinski definition) is 7. The average molecular weight is 584 g/mol. The molecule has 1 heterocycles. The zero-order valence-electron chi connectivity index (χ0n) is 22.4. The van der Waals surface area contributed by atoms with E-state index in [0.29, 0.717) is 35.1 Å². The van der Waals surface area contributed by atoms with E-state index >= 15 is 4.39 Å². The number of pyridine rings is 1. The number of halogens is 2. The molecule has 12 heteroatoms. The fraction of sp³-hybridized carbons (Fsp3) is 0.407. The van der Waals surface area contributed by atoms with Crippen molar-refractivity contribution in [3.05, 3.63) is 70.4 Å². The molecule has 214 valence electrons. The first-order chi connectivity index (χ1) is 17.9. The number of benzene rings is 2. The highest BCUT2D eigenvalue weighted by Gasteiger charge is 2.43. The van der Waals surface area contributed by atoms with Crippen LogP contribution in [0.4, 0.5) is 4.39 Å². The minimum absolute atomic E-state index is 0. The number of amides is 1. The third-order valence-corrected chi connectivity index (χ3v) is 8.92. The number of ether oxygens (including phenoxy) is 1. The van der Waals surface area contributed by atoms with Crippen LogP contribution in [0.3, 0.4) is 0 Å². The van der Waals surface area contributed by atoms with Crippen LogP contribution in [0.2, 0.25) is 0 Å². The van der Waals surface area contributed by atoms with Gasteiger partial charge in [0.15, 0.2) is 14.6 Å². The second kappa shape index (κ2) is 13.5. The number of rotatable bonds is 12. The standard InChI is InChI=1S/C27H34FN3O6S.ClH/c1-27(26(33)29-34,38(4,35)36)11-14-31-13-10-21-17-20(7-9-23(21)25(31)32)22-8-6-19(16-24(22)28)18-30(2)12-5-15-37-3;/h6-10,13,16-17,34H,5,11-12,14-15,18H2,1-4H3,(H,29,33);1H/t27-;/m1./s1. The quantitative estimate of drug-likeness (QED) is 0.191. The lowest BCUT2D eigenvalue weighted by Gasteiger charge is -2.25. The maximum Gasteiger partial charge on any atom is 0.264 e. The van der Waals surface area contributed by atoms with E-state index in [1.807, 2.05) is 13.1 Å². The summed E-state index contributed by atoms with van der Waals surface area (Å²) in [7, 11) is -0.253. The predicted octanol–water partition coefficient (Wildman–Crippen LogP) is 3.40. The second-order valence-corrected chi connectivity index (χ2v) is 12.2. The molecule has 2 N–H and O–H groups in total. The summed E-state index contributed by atoms with van der Waals surface area (Å²) in [5.74, 6) is -1.42. The normalized spacial score (nSPS) is 13.2. The zero-order valence-corrected chi connectivity index (χ0v) is 24.1. The van der Waals surface area contributed by atoms with Gasteiger partial charge in [0.25, 0.3) is 11.5 Å². The van der Waals surface area contributed by atoms with Crippen LogP contribution < -0.4 is 11.0 Å². The molecule has 1 atom stereocenters.